The molecule has 0 unspecified atom stereocenters. The molecule has 148 valence electrons. The molecular formula is C22H26N2O4. The van der Waals surface area contributed by atoms with E-state index in [9.17, 15) is 19.5 Å². The molecule has 0 radical (unpaired) electrons. The number of allylic oxidation sites excluding steroid dienone is 2. The lowest BCUT2D eigenvalue weighted by Crippen LogP contribution is -2.55. The van der Waals surface area contributed by atoms with Gasteiger partial charge in [0.15, 0.2) is 5.78 Å². The molecular weight excluding hydrogens is 356 g/mol. The zero-order valence-electron chi connectivity index (χ0n) is 16.1. The van der Waals surface area contributed by atoms with E-state index in [1.54, 1.807) is 6.92 Å². The Hall–Kier alpha value is -2.63. The third-order valence-corrected chi connectivity index (χ3v) is 6.55. The van der Waals surface area contributed by atoms with Crippen LogP contribution in [0.3, 0.4) is 0 Å². The van der Waals surface area contributed by atoms with Gasteiger partial charge in [0, 0.05) is 37.4 Å². The van der Waals surface area contributed by atoms with Crippen LogP contribution < -0.4 is 4.90 Å². The van der Waals surface area contributed by atoms with Crippen molar-refractivity contribution in [2.75, 3.05) is 31.1 Å². The molecule has 0 spiro atoms. The number of carboxylic acid groups (broad SMARTS) is 1. The SMILES string of the molecule is CC(=O)c1ccc(N2CCN(C(=O)[C@@H]3[C@@H](C(=O)O)[C@H]4C=C[C@@H]3CC4)CC2)cc1. The zero-order chi connectivity index (χ0) is 19.8. The van der Waals surface area contributed by atoms with Crippen LogP contribution in [0.2, 0.25) is 0 Å². The third kappa shape index (κ3) is 3.32. The Balaban J connectivity index is 1.42. The minimum Gasteiger partial charge on any atom is -0.481 e. The van der Waals surface area contributed by atoms with Gasteiger partial charge in [-0.3, -0.25) is 14.4 Å². The van der Waals surface area contributed by atoms with Gasteiger partial charge >= 0.3 is 5.97 Å². The first-order valence-corrected chi connectivity index (χ1v) is 10.0. The monoisotopic (exact) mass is 382 g/mol. The molecule has 2 fully saturated rings. The predicted octanol–water partition coefficient (Wildman–Crippen LogP) is 2.45. The summed E-state index contributed by atoms with van der Waals surface area (Å²) < 4.78 is 0. The highest BCUT2D eigenvalue weighted by Gasteiger charge is 2.49. The van der Waals surface area contributed by atoms with Crippen LogP contribution in [-0.4, -0.2) is 53.8 Å². The molecule has 3 aliphatic carbocycles. The summed E-state index contributed by atoms with van der Waals surface area (Å²) in [6, 6.07) is 7.55. The first-order chi connectivity index (χ1) is 13.5. The number of hydrogen-bond acceptors (Lipinski definition) is 4. The van der Waals surface area contributed by atoms with Gasteiger partial charge in [-0.2, -0.15) is 0 Å². The first-order valence-electron chi connectivity index (χ1n) is 10.0. The van der Waals surface area contributed by atoms with Crippen molar-refractivity contribution in [3.63, 3.8) is 0 Å². The van der Waals surface area contributed by atoms with Gasteiger partial charge < -0.3 is 14.9 Å². The van der Waals surface area contributed by atoms with Crippen molar-refractivity contribution in [3.05, 3.63) is 42.0 Å². The molecule has 1 aromatic rings. The Morgan fingerprint density at radius 1 is 0.893 bits per heavy atom. The minimum absolute atomic E-state index is 0.00183. The molecule has 2 bridgehead atoms. The number of piperazine rings is 1. The van der Waals surface area contributed by atoms with Gasteiger partial charge in [-0.25, -0.2) is 0 Å². The number of hydrogen-bond donors (Lipinski definition) is 1. The van der Waals surface area contributed by atoms with Crippen LogP contribution in [0.4, 0.5) is 5.69 Å². The summed E-state index contributed by atoms with van der Waals surface area (Å²) in [5.41, 5.74) is 1.73. The van der Waals surface area contributed by atoms with E-state index >= 15 is 0 Å². The van der Waals surface area contributed by atoms with Crippen LogP contribution in [0.25, 0.3) is 0 Å². The van der Waals surface area contributed by atoms with Crippen LogP contribution in [-0.2, 0) is 9.59 Å². The number of anilines is 1. The highest BCUT2D eigenvalue weighted by Crippen LogP contribution is 2.45. The Labute approximate surface area is 164 Å². The second-order valence-corrected chi connectivity index (χ2v) is 8.10. The quantitative estimate of drug-likeness (QED) is 0.639. The molecule has 1 aliphatic heterocycles. The number of carbonyl (C=O) groups excluding carboxylic acids is 2. The Kier molecular flexibility index (Phi) is 4.96. The highest BCUT2D eigenvalue weighted by atomic mass is 16.4. The van der Waals surface area contributed by atoms with Gasteiger partial charge in [0.05, 0.1) is 11.8 Å². The predicted molar refractivity (Wildman–Crippen MR) is 105 cm³/mol. The van der Waals surface area contributed by atoms with E-state index in [-0.39, 0.29) is 23.5 Å². The number of ketones is 1. The van der Waals surface area contributed by atoms with Gasteiger partial charge in [-0.1, -0.05) is 12.2 Å². The maximum absolute atomic E-state index is 13.2. The van der Waals surface area contributed by atoms with Gasteiger partial charge in [0.25, 0.3) is 0 Å². The molecule has 5 rings (SSSR count). The van der Waals surface area contributed by atoms with Crippen LogP contribution >= 0.6 is 0 Å². The van der Waals surface area contributed by atoms with E-state index in [1.807, 2.05) is 35.2 Å². The fourth-order valence-electron chi connectivity index (χ4n) is 4.97. The van der Waals surface area contributed by atoms with E-state index in [2.05, 4.69) is 11.0 Å². The van der Waals surface area contributed by atoms with E-state index in [4.69, 9.17) is 0 Å². The summed E-state index contributed by atoms with van der Waals surface area (Å²) in [6.07, 6.45) is 5.83. The molecule has 4 aliphatic rings. The number of amides is 1. The molecule has 6 nitrogen and oxygen atoms in total. The lowest BCUT2D eigenvalue weighted by Gasteiger charge is -2.45. The van der Waals surface area contributed by atoms with Crippen molar-refractivity contribution in [3.8, 4) is 0 Å². The number of aliphatic carboxylic acids is 1. The van der Waals surface area contributed by atoms with E-state index in [0.717, 1.165) is 18.5 Å². The normalized spacial score (nSPS) is 29.0. The number of carbonyl (C=O) groups is 3. The number of benzene rings is 1. The number of carboxylic acids is 1. The van der Waals surface area contributed by atoms with Crippen molar-refractivity contribution in [2.24, 2.45) is 23.7 Å². The summed E-state index contributed by atoms with van der Waals surface area (Å²) >= 11 is 0. The Morgan fingerprint density at radius 2 is 1.46 bits per heavy atom. The molecule has 4 atom stereocenters. The van der Waals surface area contributed by atoms with Crippen molar-refractivity contribution >= 4 is 23.3 Å². The van der Waals surface area contributed by atoms with Gasteiger partial charge in [0.1, 0.15) is 0 Å². The summed E-state index contributed by atoms with van der Waals surface area (Å²) in [6.45, 7) is 4.16. The number of nitrogens with zero attached hydrogens (tertiary/aromatic N) is 2. The number of Topliss-reactive ketones (excluding diaryl/α,β-unsaturated/α-hetero) is 1. The standard InChI is InChI=1S/C22H26N2O4/c1-14(25)15-6-8-18(9-7-15)23-10-12-24(13-11-23)21(26)19-16-2-4-17(5-3-16)20(19)22(27)28/h2,4,6-9,16-17,19-20H,3,5,10-13H2,1H3,(H,27,28)/t16-,17+,19+,20+/m1/s1. The Bertz CT molecular complexity index is 808. The lowest BCUT2D eigenvalue weighted by atomic mass is 9.62. The molecule has 1 heterocycles. The summed E-state index contributed by atoms with van der Waals surface area (Å²) in [7, 11) is 0. The van der Waals surface area contributed by atoms with E-state index in [1.165, 1.54) is 0 Å². The summed E-state index contributed by atoms with van der Waals surface area (Å²) in [5.74, 6) is -1.78. The third-order valence-electron chi connectivity index (χ3n) is 6.55. The van der Waals surface area contributed by atoms with Crippen LogP contribution in [0, 0.1) is 23.7 Å². The zero-order valence-corrected chi connectivity index (χ0v) is 16.1. The van der Waals surface area contributed by atoms with E-state index in [0.29, 0.717) is 31.7 Å². The average molecular weight is 382 g/mol. The van der Waals surface area contributed by atoms with Gasteiger partial charge in [0.2, 0.25) is 5.91 Å². The first kappa shape index (κ1) is 18.7. The van der Waals surface area contributed by atoms with Crippen molar-refractivity contribution in [1.82, 2.24) is 4.90 Å². The topological polar surface area (TPSA) is 77.9 Å². The fraction of sp³-hybridized carbons (Fsp3) is 0.500. The van der Waals surface area contributed by atoms with Crippen molar-refractivity contribution in [1.29, 1.82) is 0 Å². The smallest absolute Gasteiger partial charge is 0.307 e. The molecule has 28 heavy (non-hydrogen) atoms. The summed E-state index contributed by atoms with van der Waals surface area (Å²) in [4.78, 5) is 40.5. The Morgan fingerprint density at radius 3 is 1.96 bits per heavy atom. The largest absolute Gasteiger partial charge is 0.481 e. The second-order valence-electron chi connectivity index (χ2n) is 8.10. The minimum atomic E-state index is -0.846. The van der Waals surface area contributed by atoms with Crippen molar-refractivity contribution < 1.29 is 19.5 Å². The number of rotatable bonds is 4. The molecule has 1 saturated carbocycles. The van der Waals surface area contributed by atoms with Gasteiger partial charge in [-0.05, 0) is 55.9 Å². The average Bonchev–Trinajstić information content (AvgIpc) is 2.73. The molecule has 1 N–H and O–H groups in total. The van der Waals surface area contributed by atoms with Crippen molar-refractivity contribution in [2.45, 2.75) is 19.8 Å². The maximum atomic E-state index is 13.2. The molecule has 1 amide bonds. The lowest BCUT2D eigenvalue weighted by molar-refractivity contribution is -0.156. The highest BCUT2D eigenvalue weighted by molar-refractivity contribution is 5.94. The fourth-order valence-corrected chi connectivity index (χ4v) is 4.97. The van der Waals surface area contributed by atoms with Crippen LogP contribution in [0.15, 0.2) is 36.4 Å². The van der Waals surface area contributed by atoms with Gasteiger partial charge in [-0.15, -0.1) is 0 Å². The van der Waals surface area contributed by atoms with Crippen LogP contribution in [0.1, 0.15) is 30.1 Å². The number of fused-ring (bicyclic) bond motifs is 2. The molecule has 0 aromatic heterocycles. The maximum Gasteiger partial charge on any atom is 0.307 e. The second kappa shape index (κ2) is 7.41. The molecule has 6 heteroatoms. The molecule has 1 saturated heterocycles. The molecule has 1 aromatic carbocycles. The van der Waals surface area contributed by atoms with E-state index < -0.39 is 17.8 Å². The summed E-state index contributed by atoms with van der Waals surface area (Å²) in [5, 5.41) is 9.69. The van der Waals surface area contributed by atoms with Crippen LogP contribution in [0.5, 0.6) is 0 Å².